The Balaban J connectivity index is 2.04. The number of aromatic nitrogens is 3. The molecule has 0 fully saturated rings. The van der Waals surface area contributed by atoms with E-state index in [1.807, 2.05) is 25.1 Å². The van der Waals surface area contributed by atoms with E-state index in [0.29, 0.717) is 33.7 Å². The number of aryl methyl sites for hydroxylation is 1. The predicted molar refractivity (Wildman–Crippen MR) is 77.1 cm³/mol. The van der Waals surface area contributed by atoms with Crippen LogP contribution in [-0.2, 0) is 0 Å². The number of hydrogen-bond acceptors (Lipinski definition) is 5. The molecule has 5 nitrogen and oxygen atoms in total. The van der Waals surface area contributed by atoms with Crippen LogP contribution in [0.1, 0.15) is 5.69 Å². The molecule has 0 saturated heterocycles. The number of rotatable bonds is 2. The first kappa shape index (κ1) is 12.6. The predicted octanol–water partition coefficient (Wildman–Crippen LogP) is 3.34. The first-order valence-corrected chi connectivity index (χ1v) is 6.35. The van der Waals surface area contributed by atoms with Crippen molar-refractivity contribution in [1.29, 1.82) is 0 Å². The molecule has 0 aliphatic rings. The van der Waals surface area contributed by atoms with Crippen LogP contribution < -0.4 is 5.73 Å². The van der Waals surface area contributed by atoms with E-state index in [0.717, 1.165) is 5.69 Å². The van der Waals surface area contributed by atoms with Crippen molar-refractivity contribution in [3.63, 3.8) is 0 Å². The number of halogens is 1. The molecule has 2 aromatic heterocycles. The molecule has 0 atom stereocenters. The molecule has 0 radical (unpaired) electrons. The van der Waals surface area contributed by atoms with Crippen LogP contribution in [0.5, 0.6) is 0 Å². The molecule has 0 unspecified atom stereocenters. The standard InChI is InChI=1S/C14H11ClN4O/c1-8-4-2-7-11(17-8)13-18-14(20-19-13)9-5-3-6-10(15)12(9)16/h2-7H,16H2,1H3. The van der Waals surface area contributed by atoms with Crippen molar-refractivity contribution in [2.24, 2.45) is 0 Å². The summed E-state index contributed by atoms with van der Waals surface area (Å²) in [6.07, 6.45) is 0. The number of hydrogen-bond donors (Lipinski definition) is 1. The van der Waals surface area contributed by atoms with Crippen LogP contribution in [-0.4, -0.2) is 15.1 Å². The second-order valence-corrected chi connectivity index (χ2v) is 4.70. The van der Waals surface area contributed by atoms with E-state index in [1.54, 1.807) is 18.2 Å². The maximum absolute atomic E-state index is 5.98. The number of pyridine rings is 1. The SMILES string of the molecule is Cc1cccc(-c2noc(-c3cccc(Cl)c3N)n2)n1. The summed E-state index contributed by atoms with van der Waals surface area (Å²) in [6, 6.07) is 10.9. The van der Waals surface area contributed by atoms with Gasteiger partial charge in [-0.1, -0.05) is 28.9 Å². The fraction of sp³-hybridized carbons (Fsp3) is 0.0714. The molecule has 100 valence electrons. The molecule has 2 heterocycles. The second-order valence-electron chi connectivity index (χ2n) is 4.29. The van der Waals surface area contributed by atoms with Gasteiger partial charge >= 0.3 is 0 Å². The molecule has 0 saturated carbocycles. The average molecular weight is 287 g/mol. The van der Waals surface area contributed by atoms with Crippen LogP contribution in [0.3, 0.4) is 0 Å². The lowest BCUT2D eigenvalue weighted by Crippen LogP contribution is -1.91. The second kappa shape index (κ2) is 4.94. The van der Waals surface area contributed by atoms with Crippen molar-refractivity contribution in [3.05, 3.63) is 47.1 Å². The van der Waals surface area contributed by atoms with Crippen molar-refractivity contribution in [3.8, 4) is 23.0 Å². The highest BCUT2D eigenvalue weighted by molar-refractivity contribution is 6.33. The van der Waals surface area contributed by atoms with Crippen LogP contribution in [0.2, 0.25) is 5.02 Å². The van der Waals surface area contributed by atoms with Crippen LogP contribution >= 0.6 is 11.6 Å². The van der Waals surface area contributed by atoms with E-state index in [2.05, 4.69) is 15.1 Å². The van der Waals surface area contributed by atoms with Gasteiger partial charge in [-0.05, 0) is 31.2 Å². The average Bonchev–Trinajstić information content (AvgIpc) is 2.91. The normalized spacial score (nSPS) is 10.7. The monoisotopic (exact) mass is 286 g/mol. The number of nitrogen functional groups attached to an aromatic ring is 1. The van der Waals surface area contributed by atoms with Crippen LogP contribution in [0.4, 0.5) is 5.69 Å². The zero-order valence-electron chi connectivity index (χ0n) is 10.7. The van der Waals surface area contributed by atoms with Crippen LogP contribution in [0, 0.1) is 6.92 Å². The smallest absolute Gasteiger partial charge is 0.260 e. The topological polar surface area (TPSA) is 77.8 Å². The summed E-state index contributed by atoms with van der Waals surface area (Å²) in [4.78, 5) is 8.66. The minimum absolute atomic E-state index is 0.323. The molecule has 2 N–H and O–H groups in total. The summed E-state index contributed by atoms with van der Waals surface area (Å²) in [5, 5.41) is 4.38. The number of benzene rings is 1. The summed E-state index contributed by atoms with van der Waals surface area (Å²) < 4.78 is 5.24. The zero-order valence-corrected chi connectivity index (χ0v) is 11.4. The van der Waals surface area contributed by atoms with Crippen molar-refractivity contribution >= 4 is 17.3 Å². The van der Waals surface area contributed by atoms with E-state index in [-0.39, 0.29) is 0 Å². The van der Waals surface area contributed by atoms with Gasteiger partial charge in [0, 0.05) is 5.69 Å². The Bertz CT molecular complexity index is 769. The fourth-order valence-corrected chi connectivity index (χ4v) is 2.00. The van der Waals surface area contributed by atoms with Gasteiger partial charge < -0.3 is 10.3 Å². The number of para-hydroxylation sites is 1. The van der Waals surface area contributed by atoms with Gasteiger partial charge in [0.25, 0.3) is 5.89 Å². The highest BCUT2D eigenvalue weighted by atomic mass is 35.5. The van der Waals surface area contributed by atoms with E-state index in [1.165, 1.54) is 0 Å². The molecule has 3 aromatic rings. The lowest BCUT2D eigenvalue weighted by atomic mass is 10.2. The molecule has 0 aliphatic heterocycles. The Hall–Kier alpha value is -2.40. The summed E-state index contributed by atoms with van der Waals surface area (Å²) in [5.74, 6) is 0.742. The van der Waals surface area contributed by atoms with E-state index in [9.17, 15) is 0 Å². The quantitative estimate of drug-likeness (QED) is 0.731. The van der Waals surface area contributed by atoms with Crippen LogP contribution in [0.25, 0.3) is 23.0 Å². The molecule has 0 spiro atoms. The first-order valence-electron chi connectivity index (χ1n) is 5.97. The molecule has 0 aliphatic carbocycles. The molecule has 1 aromatic carbocycles. The highest BCUT2D eigenvalue weighted by Gasteiger charge is 2.15. The zero-order chi connectivity index (χ0) is 14.1. The highest BCUT2D eigenvalue weighted by Crippen LogP contribution is 2.31. The number of nitrogens with two attached hydrogens (primary N) is 1. The summed E-state index contributed by atoms with van der Waals surface area (Å²) in [7, 11) is 0. The molecular formula is C14H11ClN4O. The molecule has 6 heteroatoms. The van der Waals surface area contributed by atoms with Gasteiger partial charge in [-0.15, -0.1) is 0 Å². The van der Waals surface area contributed by atoms with Crippen LogP contribution in [0.15, 0.2) is 40.9 Å². The summed E-state index contributed by atoms with van der Waals surface area (Å²) in [6.45, 7) is 1.90. The van der Waals surface area contributed by atoms with Gasteiger partial charge in [0.1, 0.15) is 5.69 Å². The lowest BCUT2D eigenvalue weighted by Gasteiger charge is -2.01. The van der Waals surface area contributed by atoms with Gasteiger partial charge in [0.15, 0.2) is 0 Å². The Morgan fingerprint density at radius 1 is 1.10 bits per heavy atom. The Morgan fingerprint density at radius 2 is 1.90 bits per heavy atom. The third-order valence-electron chi connectivity index (χ3n) is 2.83. The van der Waals surface area contributed by atoms with Crippen molar-refractivity contribution < 1.29 is 4.52 Å². The fourth-order valence-electron chi connectivity index (χ4n) is 1.83. The molecule has 20 heavy (non-hydrogen) atoms. The Labute approximate surface area is 120 Å². The van der Waals surface area contributed by atoms with Crippen molar-refractivity contribution in [2.45, 2.75) is 6.92 Å². The summed E-state index contributed by atoms with van der Waals surface area (Å²) in [5.41, 5.74) is 8.48. The van der Waals surface area contributed by atoms with Crippen molar-refractivity contribution in [2.75, 3.05) is 5.73 Å². The minimum Gasteiger partial charge on any atom is -0.397 e. The molecular weight excluding hydrogens is 276 g/mol. The van der Waals surface area contributed by atoms with E-state index >= 15 is 0 Å². The largest absolute Gasteiger partial charge is 0.397 e. The third-order valence-corrected chi connectivity index (χ3v) is 3.16. The first-order chi connectivity index (χ1) is 9.65. The van der Waals surface area contributed by atoms with Gasteiger partial charge in [0.2, 0.25) is 5.82 Å². The van der Waals surface area contributed by atoms with E-state index < -0.39 is 0 Å². The van der Waals surface area contributed by atoms with Gasteiger partial charge in [-0.25, -0.2) is 4.98 Å². The maximum Gasteiger partial charge on any atom is 0.260 e. The maximum atomic E-state index is 5.98. The molecule has 0 amide bonds. The minimum atomic E-state index is 0.323. The Morgan fingerprint density at radius 3 is 2.70 bits per heavy atom. The Kier molecular flexibility index (Phi) is 3.12. The van der Waals surface area contributed by atoms with E-state index in [4.69, 9.17) is 21.9 Å². The lowest BCUT2D eigenvalue weighted by molar-refractivity contribution is 0.432. The van der Waals surface area contributed by atoms with Gasteiger partial charge in [0.05, 0.1) is 16.3 Å². The number of nitrogens with zero attached hydrogens (tertiary/aromatic N) is 3. The molecule has 0 bridgehead atoms. The number of anilines is 1. The van der Waals surface area contributed by atoms with Gasteiger partial charge in [-0.2, -0.15) is 4.98 Å². The van der Waals surface area contributed by atoms with Crippen molar-refractivity contribution in [1.82, 2.24) is 15.1 Å². The summed E-state index contributed by atoms with van der Waals surface area (Å²) >= 11 is 5.98. The van der Waals surface area contributed by atoms with Gasteiger partial charge in [-0.3, -0.25) is 0 Å². The third kappa shape index (κ3) is 2.23. The molecule has 3 rings (SSSR count).